The van der Waals surface area contributed by atoms with Crippen LogP contribution in [0.25, 0.3) is 0 Å². The van der Waals surface area contributed by atoms with Crippen LogP contribution in [0.4, 0.5) is 0 Å². The maximum atomic E-state index is 12.3. The van der Waals surface area contributed by atoms with E-state index in [-0.39, 0.29) is 36.2 Å². The van der Waals surface area contributed by atoms with Gasteiger partial charge in [0.25, 0.3) is 0 Å². The first kappa shape index (κ1) is 16.3. The van der Waals surface area contributed by atoms with Gasteiger partial charge in [-0.3, -0.25) is 9.59 Å². The van der Waals surface area contributed by atoms with E-state index in [1.54, 1.807) is 20.8 Å². The molecule has 0 aliphatic heterocycles. The van der Waals surface area contributed by atoms with Crippen LogP contribution < -0.4 is 0 Å². The van der Waals surface area contributed by atoms with E-state index in [2.05, 4.69) is 4.98 Å². The van der Waals surface area contributed by atoms with E-state index in [1.807, 2.05) is 6.92 Å². The van der Waals surface area contributed by atoms with Crippen LogP contribution in [0, 0.1) is 25.7 Å². The van der Waals surface area contributed by atoms with E-state index in [1.165, 1.54) is 0 Å². The van der Waals surface area contributed by atoms with Crippen molar-refractivity contribution >= 4 is 17.7 Å². The summed E-state index contributed by atoms with van der Waals surface area (Å²) in [4.78, 5) is 39.0. The van der Waals surface area contributed by atoms with Crippen molar-refractivity contribution in [1.29, 1.82) is 0 Å². The molecule has 120 valence electrons. The van der Waals surface area contributed by atoms with Gasteiger partial charge in [-0.05, 0) is 33.1 Å². The van der Waals surface area contributed by atoms with Crippen LogP contribution in [0.3, 0.4) is 0 Å². The summed E-state index contributed by atoms with van der Waals surface area (Å²) in [6, 6.07) is 0. The van der Waals surface area contributed by atoms with Crippen LogP contribution >= 0.6 is 0 Å². The van der Waals surface area contributed by atoms with Gasteiger partial charge in [-0.1, -0.05) is 6.92 Å². The maximum absolute atomic E-state index is 12.3. The number of nitrogens with one attached hydrogen (secondary N) is 1. The average Bonchev–Trinajstić information content (AvgIpc) is 3.10. The first-order valence-corrected chi connectivity index (χ1v) is 7.42. The van der Waals surface area contributed by atoms with Crippen molar-refractivity contribution in [3.8, 4) is 0 Å². The predicted molar refractivity (Wildman–Crippen MR) is 78.8 cm³/mol. The van der Waals surface area contributed by atoms with Crippen molar-refractivity contribution < 1.29 is 23.9 Å². The Hall–Kier alpha value is -2.11. The van der Waals surface area contributed by atoms with Gasteiger partial charge in [-0.25, -0.2) is 4.79 Å². The van der Waals surface area contributed by atoms with Gasteiger partial charge < -0.3 is 14.5 Å². The Bertz CT molecular complexity index is 616. The highest BCUT2D eigenvalue weighted by Gasteiger charge is 2.40. The molecule has 6 nitrogen and oxygen atoms in total. The molecule has 1 aromatic heterocycles. The molecule has 2 unspecified atom stereocenters. The van der Waals surface area contributed by atoms with Gasteiger partial charge in [0.05, 0.1) is 23.7 Å². The van der Waals surface area contributed by atoms with E-state index >= 15 is 0 Å². The molecule has 0 saturated heterocycles. The van der Waals surface area contributed by atoms with Crippen LogP contribution in [0.1, 0.15) is 52.4 Å². The van der Waals surface area contributed by atoms with Crippen LogP contribution in [-0.4, -0.2) is 35.9 Å². The van der Waals surface area contributed by atoms with E-state index < -0.39 is 11.8 Å². The van der Waals surface area contributed by atoms with E-state index in [0.29, 0.717) is 17.3 Å². The number of aryl methyl sites for hydroxylation is 2. The molecule has 0 bridgehead atoms. The molecule has 2 atom stereocenters. The highest BCUT2D eigenvalue weighted by molar-refractivity contribution is 6.09. The Morgan fingerprint density at radius 2 is 1.73 bits per heavy atom. The topological polar surface area (TPSA) is 85.5 Å². The predicted octanol–water partition coefficient (Wildman–Crippen LogP) is 2.19. The van der Waals surface area contributed by atoms with Gasteiger partial charge in [0.1, 0.15) is 0 Å². The van der Waals surface area contributed by atoms with E-state index in [4.69, 9.17) is 9.47 Å². The van der Waals surface area contributed by atoms with Gasteiger partial charge in [0.15, 0.2) is 6.61 Å². The summed E-state index contributed by atoms with van der Waals surface area (Å²) >= 11 is 0. The Morgan fingerprint density at radius 3 is 2.27 bits per heavy atom. The monoisotopic (exact) mass is 307 g/mol. The van der Waals surface area contributed by atoms with Crippen LogP contribution in [0.2, 0.25) is 0 Å². The summed E-state index contributed by atoms with van der Waals surface area (Å²) in [5.74, 6) is -1.05. The minimum Gasteiger partial charge on any atom is -0.462 e. The fourth-order valence-electron chi connectivity index (χ4n) is 2.55. The summed E-state index contributed by atoms with van der Waals surface area (Å²) < 4.78 is 10.0. The van der Waals surface area contributed by atoms with Gasteiger partial charge in [0.2, 0.25) is 5.78 Å². The molecule has 1 fully saturated rings. The first-order valence-electron chi connectivity index (χ1n) is 7.42. The number of carbonyl (C=O) groups excluding carboxylic acids is 3. The van der Waals surface area contributed by atoms with Crippen molar-refractivity contribution in [2.45, 2.75) is 34.1 Å². The number of aromatic amines is 1. The molecule has 0 amide bonds. The zero-order valence-electron chi connectivity index (χ0n) is 13.3. The largest absolute Gasteiger partial charge is 0.462 e. The Kier molecular flexibility index (Phi) is 4.68. The molecule has 1 saturated carbocycles. The van der Waals surface area contributed by atoms with Crippen LogP contribution in [-0.2, 0) is 14.3 Å². The van der Waals surface area contributed by atoms with E-state index in [0.717, 1.165) is 6.42 Å². The number of Topliss-reactive ketones (excluding diaryl/α,β-unsaturated/α-hetero) is 1. The molecule has 6 heteroatoms. The molecular formula is C16H21NO5. The normalized spacial score (nSPS) is 19.6. The second-order valence-corrected chi connectivity index (χ2v) is 5.70. The third-order valence-electron chi connectivity index (χ3n) is 3.89. The quantitative estimate of drug-likeness (QED) is 0.643. The van der Waals surface area contributed by atoms with Gasteiger partial charge in [-0.15, -0.1) is 0 Å². The van der Waals surface area contributed by atoms with Crippen molar-refractivity contribution in [2.75, 3.05) is 13.2 Å². The van der Waals surface area contributed by atoms with Crippen molar-refractivity contribution in [1.82, 2.24) is 4.98 Å². The van der Waals surface area contributed by atoms with Crippen molar-refractivity contribution in [3.05, 3.63) is 22.5 Å². The number of hydrogen-bond donors (Lipinski definition) is 1. The third-order valence-corrected chi connectivity index (χ3v) is 3.89. The highest BCUT2D eigenvalue weighted by Crippen LogP contribution is 2.38. The van der Waals surface area contributed by atoms with Crippen LogP contribution in [0.5, 0.6) is 0 Å². The minimum atomic E-state index is -0.546. The zero-order valence-corrected chi connectivity index (χ0v) is 13.3. The summed E-state index contributed by atoms with van der Waals surface area (Å²) in [5, 5.41) is 0. The highest BCUT2D eigenvalue weighted by atomic mass is 16.5. The fourth-order valence-corrected chi connectivity index (χ4v) is 2.55. The number of ketones is 1. The summed E-state index contributed by atoms with van der Waals surface area (Å²) in [7, 11) is 0. The van der Waals surface area contributed by atoms with Gasteiger partial charge in [0, 0.05) is 11.4 Å². The number of hydrogen-bond acceptors (Lipinski definition) is 5. The third kappa shape index (κ3) is 3.21. The van der Waals surface area contributed by atoms with Crippen molar-refractivity contribution in [2.24, 2.45) is 11.8 Å². The smallest absolute Gasteiger partial charge is 0.340 e. The zero-order chi connectivity index (χ0) is 16.4. The van der Waals surface area contributed by atoms with Crippen molar-refractivity contribution in [3.63, 3.8) is 0 Å². The van der Waals surface area contributed by atoms with E-state index in [9.17, 15) is 14.4 Å². The first-order chi connectivity index (χ1) is 10.4. The number of rotatable bonds is 6. The molecule has 1 aliphatic rings. The molecule has 1 heterocycles. The Labute approximate surface area is 129 Å². The minimum absolute atomic E-state index is 0.0913. The molecule has 22 heavy (non-hydrogen) atoms. The lowest BCUT2D eigenvalue weighted by Crippen LogP contribution is -2.19. The SMILES string of the molecule is CCOC(=O)c1c(C)[nH]c(C)c1C(=O)COC(=O)C1CC1C. The lowest BCUT2D eigenvalue weighted by Gasteiger charge is -2.07. The second-order valence-electron chi connectivity index (χ2n) is 5.70. The maximum Gasteiger partial charge on any atom is 0.340 e. The summed E-state index contributed by atoms with van der Waals surface area (Å²) in [6.07, 6.45) is 0.809. The fraction of sp³-hybridized carbons (Fsp3) is 0.562. The summed E-state index contributed by atoms with van der Waals surface area (Å²) in [5.41, 5.74) is 1.61. The number of ether oxygens (including phenoxy) is 2. The molecule has 0 spiro atoms. The second kappa shape index (κ2) is 6.34. The summed E-state index contributed by atoms with van der Waals surface area (Å²) in [6.45, 7) is 6.94. The van der Waals surface area contributed by atoms with Crippen LogP contribution in [0.15, 0.2) is 0 Å². The number of H-pyrrole nitrogens is 1. The molecule has 0 aromatic carbocycles. The molecular weight excluding hydrogens is 286 g/mol. The van der Waals surface area contributed by atoms with Gasteiger partial charge in [-0.2, -0.15) is 0 Å². The molecule has 2 rings (SSSR count). The van der Waals surface area contributed by atoms with Gasteiger partial charge >= 0.3 is 11.9 Å². The molecule has 0 radical (unpaired) electrons. The number of esters is 2. The molecule has 1 N–H and O–H groups in total. The average molecular weight is 307 g/mol. The Morgan fingerprint density at radius 1 is 1.14 bits per heavy atom. The number of carbonyl (C=O) groups is 3. The lowest BCUT2D eigenvalue weighted by atomic mass is 10.1. The molecule has 1 aliphatic carbocycles. The Balaban J connectivity index is 2.11. The lowest BCUT2D eigenvalue weighted by molar-refractivity contribution is -0.144. The standard InChI is InChI=1S/C16H21NO5/c1-5-21-16(20)14-10(4)17-9(3)13(14)12(18)7-22-15(19)11-6-8(11)2/h8,11,17H,5-7H2,1-4H3. The molecule has 1 aromatic rings. The number of aromatic nitrogens is 1.